The van der Waals surface area contributed by atoms with Crippen LogP contribution in [-0.2, 0) is 17.1 Å². The molecule has 9 heteroatoms. The lowest BCUT2D eigenvalue weighted by molar-refractivity contribution is 0.578. The van der Waals surface area contributed by atoms with E-state index < -0.39 is 10.0 Å². The van der Waals surface area contributed by atoms with Gasteiger partial charge in [-0.2, -0.15) is 8.42 Å². The van der Waals surface area contributed by atoms with Gasteiger partial charge in [0.25, 0.3) is 10.0 Å². The van der Waals surface area contributed by atoms with Crippen molar-refractivity contribution < 1.29 is 8.42 Å². The molecule has 0 fully saturated rings. The zero-order chi connectivity index (χ0) is 14.2. The van der Waals surface area contributed by atoms with E-state index in [0.717, 1.165) is 10.0 Å². The molecule has 0 aliphatic heterocycles. The van der Waals surface area contributed by atoms with Gasteiger partial charge in [-0.3, -0.25) is 4.72 Å². The minimum atomic E-state index is -3.74. The molecule has 0 bridgehead atoms. The molecule has 2 aromatic rings. The van der Waals surface area contributed by atoms with Crippen LogP contribution in [0.5, 0.6) is 0 Å². The van der Waals surface area contributed by atoms with E-state index in [1.165, 1.54) is 11.7 Å². The highest BCUT2D eigenvalue weighted by Crippen LogP contribution is 2.24. The smallest absolute Gasteiger partial charge is 0.278 e. The zero-order valence-corrected chi connectivity index (χ0v) is 14.0. The van der Waals surface area contributed by atoms with Crippen molar-refractivity contribution in [2.75, 3.05) is 4.72 Å². The maximum absolute atomic E-state index is 12.2. The molecule has 0 saturated carbocycles. The van der Waals surface area contributed by atoms with Gasteiger partial charge in [0, 0.05) is 11.5 Å². The summed E-state index contributed by atoms with van der Waals surface area (Å²) in [5, 5.41) is 7.28. The molecule has 1 aromatic carbocycles. The van der Waals surface area contributed by atoms with Crippen molar-refractivity contribution in [1.82, 2.24) is 15.0 Å². The average molecular weight is 410 g/mol. The number of halogens is 2. The van der Waals surface area contributed by atoms with Crippen molar-refractivity contribution in [3.8, 4) is 0 Å². The Morgan fingerprint density at radius 1 is 1.32 bits per heavy atom. The fourth-order valence-corrected chi connectivity index (χ4v) is 3.99. The number of nitrogens with zero attached hydrogens (tertiary/aromatic N) is 3. The van der Waals surface area contributed by atoms with E-state index in [4.69, 9.17) is 0 Å². The standard InChI is InChI=1S/C10H10Br2N4O2S/c1-6-3-4-7(5-8(6)11)14-19(17,18)10-9(12)13-15-16(10)2/h3-5,14H,1-2H3. The lowest BCUT2D eigenvalue weighted by Gasteiger charge is -2.09. The summed E-state index contributed by atoms with van der Waals surface area (Å²) in [6.45, 7) is 1.92. The molecule has 0 aliphatic carbocycles. The van der Waals surface area contributed by atoms with E-state index >= 15 is 0 Å². The molecule has 102 valence electrons. The van der Waals surface area contributed by atoms with E-state index in [1.54, 1.807) is 12.1 Å². The number of nitrogens with one attached hydrogen (secondary N) is 1. The van der Waals surface area contributed by atoms with Gasteiger partial charge in [-0.25, -0.2) is 4.68 Å². The number of hydrogen-bond acceptors (Lipinski definition) is 4. The second-order valence-electron chi connectivity index (χ2n) is 3.88. The average Bonchev–Trinajstić information content (AvgIpc) is 2.64. The van der Waals surface area contributed by atoms with Gasteiger partial charge in [0.05, 0.1) is 5.69 Å². The van der Waals surface area contributed by atoms with Gasteiger partial charge < -0.3 is 0 Å². The van der Waals surface area contributed by atoms with Crippen LogP contribution in [0.4, 0.5) is 5.69 Å². The molecular weight excluding hydrogens is 400 g/mol. The normalized spacial score (nSPS) is 11.6. The lowest BCUT2D eigenvalue weighted by atomic mass is 10.2. The van der Waals surface area contributed by atoms with Crippen LogP contribution in [0, 0.1) is 6.92 Å². The van der Waals surface area contributed by atoms with Crippen LogP contribution in [-0.4, -0.2) is 23.4 Å². The lowest BCUT2D eigenvalue weighted by Crippen LogP contribution is -2.17. The molecule has 1 N–H and O–H groups in total. The second kappa shape index (κ2) is 5.22. The van der Waals surface area contributed by atoms with Crippen LogP contribution in [0.3, 0.4) is 0 Å². The minimum Gasteiger partial charge on any atom is -0.278 e. The third-order valence-electron chi connectivity index (χ3n) is 2.42. The summed E-state index contributed by atoms with van der Waals surface area (Å²) < 4.78 is 29.2. The fraction of sp³-hybridized carbons (Fsp3) is 0.200. The predicted octanol–water partition coefficient (Wildman–Crippen LogP) is 2.45. The first-order valence-corrected chi connectivity index (χ1v) is 8.22. The molecule has 0 amide bonds. The summed E-state index contributed by atoms with van der Waals surface area (Å²) in [6.07, 6.45) is 0. The Hall–Kier alpha value is -0.930. The molecule has 0 aliphatic rings. The van der Waals surface area contributed by atoms with Crippen LogP contribution < -0.4 is 4.72 Å². The first-order valence-electron chi connectivity index (χ1n) is 5.15. The molecule has 0 spiro atoms. The number of sulfonamides is 1. The van der Waals surface area contributed by atoms with Gasteiger partial charge >= 0.3 is 0 Å². The summed E-state index contributed by atoms with van der Waals surface area (Å²) in [5.41, 5.74) is 1.48. The Labute approximate surface area is 127 Å². The first-order chi connectivity index (χ1) is 8.81. The van der Waals surface area contributed by atoms with Crippen molar-refractivity contribution in [2.24, 2.45) is 7.05 Å². The van der Waals surface area contributed by atoms with Crippen LogP contribution in [0.25, 0.3) is 0 Å². The van der Waals surface area contributed by atoms with E-state index in [9.17, 15) is 8.42 Å². The highest BCUT2D eigenvalue weighted by Gasteiger charge is 2.24. The van der Waals surface area contributed by atoms with Gasteiger partial charge in [0.2, 0.25) is 5.03 Å². The van der Waals surface area contributed by atoms with Crippen molar-refractivity contribution in [3.63, 3.8) is 0 Å². The van der Waals surface area contributed by atoms with E-state index in [0.29, 0.717) is 5.69 Å². The summed E-state index contributed by atoms with van der Waals surface area (Å²) >= 11 is 6.43. The van der Waals surface area contributed by atoms with E-state index in [1.807, 2.05) is 13.0 Å². The Morgan fingerprint density at radius 3 is 2.53 bits per heavy atom. The molecule has 1 heterocycles. The number of rotatable bonds is 3. The molecule has 0 saturated heterocycles. The molecule has 2 rings (SSSR count). The van der Waals surface area contributed by atoms with Gasteiger partial charge in [-0.05, 0) is 40.5 Å². The molecule has 19 heavy (non-hydrogen) atoms. The van der Waals surface area contributed by atoms with Crippen molar-refractivity contribution in [1.29, 1.82) is 0 Å². The van der Waals surface area contributed by atoms with Crippen LogP contribution >= 0.6 is 31.9 Å². The molecule has 0 atom stereocenters. The Morgan fingerprint density at radius 2 is 2.00 bits per heavy atom. The van der Waals surface area contributed by atoms with Crippen LogP contribution in [0.1, 0.15) is 5.56 Å². The maximum Gasteiger partial charge on any atom is 0.281 e. The molecule has 0 radical (unpaired) electrons. The summed E-state index contributed by atoms with van der Waals surface area (Å²) in [7, 11) is -2.23. The fourth-order valence-electron chi connectivity index (χ4n) is 1.47. The monoisotopic (exact) mass is 408 g/mol. The van der Waals surface area contributed by atoms with Crippen LogP contribution in [0.2, 0.25) is 0 Å². The molecule has 1 aromatic heterocycles. The highest BCUT2D eigenvalue weighted by atomic mass is 79.9. The number of hydrogen-bond donors (Lipinski definition) is 1. The van der Waals surface area contributed by atoms with Crippen molar-refractivity contribution >= 4 is 47.6 Å². The number of aromatic nitrogens is 3. The SMILES string of the molecule is Cc1ccc(NS(=O)(=O)c2c(Br)nnn2C)cc1Br. The van der Waals surface area contributed by atoms with E-state index in [-0.39, 0.29) is 9.63 Å². The number of benzene rings is 1. The zero-order valence-electron chi connectivity index (χ0n) is 10.1. The number of anilines is 1. The topological polar surface area (TPSA) is 76.9 Å². The van der Waals surface area contributed by atoms with Crippen molar-refractivity contribution in [2.45, 2.75) is 11.9 Å². The Balaban J connectivity index is 2.39. The molecular formula is C10H10Br2N4O2S. The predicted molar refractivity (Wildman–Crippen MR) is 78.4 cm³/mol. The third kappa shape index (κ3) is 2.98. The Bertz CT molecular complexity index is 708. The molecule has 6 nitrogen and oxygen atoms in total. The molecule has 0 unspecified atom stereocenters. The summed E-state index contributed by atoms with van der Waals surface area (Å²) in [4.78, 5) is 0. The van der Waals surface area contributed by atoms with Gasteiger partial charge in [-0.1, -0.05) is 27.2 Å². The maximum atomic E-state index is 12.2. The van der Waals surface area contributed by atoms with E-state index in [2.05, 4.69) is 46.9 Å². The van der Waals surface area contributed by atoms with Gasteiger partial charge in [0.15, 0.2) is 4.60 Å². The number of aryl methyl sites for hydroxylation is 2. The van der Waals surface area contributed by atoms with Crippen molar-refractivity contribution in [3.05, 3.63) is 32.8 Å². The highest BCUT2D eigenvalue weighted by molar-refractivity contribution is 9.10. The summed E-state index contributed by atoms with van der Waals surface area (Å²) in [5.74, 6) is 0. The van der Waals surface area contributed by atoms with Crippen LogP contribution in [0.15, 0.2) is 32.3 Å². The first kappa shape index (κ1) is 14.5. The minimum absolute atomic E-state index is 0.0239. The third-order valence-corrected chi connectivity index (χ3v) is 5.54. The Kier molecular flexibility index (Phi) is 3.98. The summed E-state index contributed by atoms with van der Waals surface area (Å²) in [6, 6.07) is 5.21. The quantitative estimate of drug-likeness (QED) is 0.844. The second-order valence-corrected chi connectivity index (χ2v) is 7.08. The largest absolute Gasteiger partial charge is 0.281 e. The van der Waals surface area contributed by atoms with Gasteiger partial charge in [-0.15, -0.1) is 5.10 Å². The van der Waals surface area contributed by atoms with Gasteiger partial charge in [0.1, 0.15) is 0 Å².